The van der Waals surface area contributed by atoms with E-state index >= 15 is 0 Å². The van der Waals surface area contributed by atoms with Crippen LogP contribution < -0.4 is 5.32 Å². The third kappa shape index (κ3) is 4.10. The Hall–Kier alpha value is -1.82. The highest BCUT2D eigenvalue weighted by molar-refractivity contribution is 5.93. The van der Waals surface area contributed by atoms with Crippen LogP contribution in [0.15, 0.2) is 10.5 Å². The van der Waals surface area contributed by atoms with Gasteiger partial charge in [0.05, 0.1) is 18.6 Å². The monoisotopic (exact) mass is 269 g/mol. The summed E-state index contributed by atoms with van der Waals surface area (Å²) in [7, 11) is 1.45. The Labute approximate surface area is 111 Å². The molecule has 0 saturated heterocycles. The zero-order chi connectivity index (χ0) is 14.6. The number of hydrogen-bond acceptors (Lipinski definition) is 4. The topological polar surface area (TPSA) is 88.8 Å². The van der Waals surface area contributed by atoms with Gasteiger partial charge in [-0.05, 0) is 26.8 Å². The van der Waals surface area contributed by atoms with E-state index in [4.69, 9.17) is 14.3 Å². The van der Waals surface area contributed by atoms with Gasteiger partial charge in [-0.25, -0.2) is 0 Å². The molecule has 6 heteroatoms. The Morgan fingerprint density at radius 1 is 1.47 bits per heavy atom. The van der Waals surface area contributed by atoms with Crippen LogP contribution in [0.5, 0.6) is 0 Å². The number of methoxy groups -OCH3 is 1. The summed E-state index contributed by atoms with van der Waals surface area (Å²) in [5, 5.41) is 11.5. The normalized spacial score (nSPS) is 13.9. The highest BCUT2D eigenvalue weighted by atomic mass is 16.5. The van der Waals surface area contributed by atoms with E-state index in [1.807, 2.05) is 0 Å². The van der Waals surface area contributed by atoms with E-state index in [-0.39, 0.29) is 18.8 Å². The second-order valence-electron chi connectivity index (χ2n) is 4.89. The number of carbonyl (C=O) groups is 2. The van der Waals surface area contributed by atoms with Gasteiger partial charge in [0.25, 0.3) is 5.91 Å². The van der Waals surface area contributed by atoms with Crippen LogP contribution in [0, 0.1) is 13.8 Å². The van der Waals surface area contributed by atoms with Gasteiger partial charge in [-0.1, -0.05) is 0 Å². The molecule has 19 heavy (non-hydrogen) atoms. The predicted molar refractivity (Wildman–Crippen MR) is 68.2 cm³/mol. The van der Waals surface area contributed by atoms with Gasteiger partial charge in [-0.15, -0.1) is 0 Å². The first-order valence-corrected chi connectivity index (χ1v) is 5.88. The minimum absolute atomic E-state index is 0.101. The van der Waals surface area contributed by atoms with Crippen molar-refractivity contribution in [1.29, 1.82) is 0 Å². The Morgan fingerprint density at radius 2 is 2.11 bits per heavy atom. The van der Waals surface area contributed by atoms with Crippen LogP contribution in [0.1, 0.15) is 35.2 Å². The Morgan fingerprint density at radius 3 is 2.53 bits per heavy atom. The summed E-state index contributed by atoms with van der Waals surface area (Å²) >= 11 is 0. The average molecular weight is 269 g/mol. The van der Waals surface area contributed by atoms with E-state index in [9.17, 15) is 9.59 Å². The largest absolute Gasteiger partial charge is 0.481 e. The molecule has 1 atom stereocenters. The van der Waals surface area contributed by atoms with Crippen LogP contribution in [0.25, 0.3) is 0 Å². The maximum Gasteiger partial charge on any atom is 0.305 e. The van der Waals surface area contributed by atoms with E-state index in [1.54, 1.807) is 26.8 Å². The molecule has 0 saturated carbocycles. The van der Waals surface area contributed by atoms with Crippen LogP contribution in [-0.4, -0.2) is 36.2 Å². The number of amides is 1. The number of aryl methyl sites for hydroxylation is 2. The second-order valence-corrected chi connectivity index (χ2v) is 4.89. The molecule has 106 valence electrons. The van der Waals surface area contributed by atoms with Crippen LogP contribution >= 0.6 is 0 Å². The van der Waals surface area contributed by atoms with Crippen molar-refractivity contribution in [2.45, 2.75) is 32.7 Å². The van der Waals surface area contributed by atoms with Crippen LogP contribution in [-0.2, 0) is 9.53 Å². The summed E-state index contributed by atoms with van der Waals surface area (Å²) in [6.07, 6.45) is -0.231. The van der Waals surface area contributed by atoms with Crippen molar-refractivity contribution >= 4 is 11.9 Å². The van der Waals surface area contributed by atoms with Crippen molar-refractivity contribution in [2.75, 3.05) is 13.7 Å². The molecule has 0 aliphatic rings. The smallest absolute Gasteiger partial charge is 0.305 e. The quantitative estimate of drug-likeness (QED) is 0.817. The van der Waals surface area contributed by atoms with E-state index in [0.717, 1.165) is 0 Å². The number of furan rings is 1. The van der Waals surface area contributed by atoms with Gasteiger partial charge in [0.15, 0.2) is 5.76 Å². The SMILES string of the molecule is COCC(C)(CC(=O)O)NC(=O)c1oc(C)cc1C. The zero-order valence-corrected chi connectivity index (χ0v) is 11.6. The third-order valence-corrected chi connectivity index (χ3v) is 2.67. The van der Waals surface area contributed by atoms with Crippen molar-refractivity contribution in [3.8, 4) is 0 Å². The molecule has 2 N–H and O–H groups in total. The van der Waals surface area contributed by atoms with Crippen molar-refractivity contribution in [3.63, 3.8) is 0 Å². The van der Waals surface area contributed by atoms with Crippen LogP contribution in [0.4, 0.5) is 0 Å². The van der Waals surface area contributed by atoms with Gasteiger partial charge in [0.2, 0.25) is 0 Å². The molecule has 1 rings (SSSR count). The summed E-state index contributed by atoms with van der Waals surface area (Å²) in [6.45, 7) is 5.23. The first-order valence-electron chi connectivity index (χ1n) is 5.88. The molecule has 0 aliphatic carbocycles. The Balaban J connectivity index is 2.87. The lowest BCUT2D eigenvalue weighted by Gasteiger charge is -2.28. The number of carbonyl (C=O) groups excluding carboxylic acids is 1. The summed E-state index contributed by atoms with van der Waals surface area (Å²) in [5.74, 6) is -0.613. The molecule has 1 amide bonds. The van der Waals surface area contributed by atoms with E-state index < -0.39 is 17.4 Å². The van der Waals surface area contributed by atoms with E-state index in [0.29, 0.717) is 11.3 Å². The zero-order valence-electron chi connectivity index (χ0n) is 11.6. The number of aliphatic carboxylic acids is 1. The van der Waals surface area contributed by atoms with Crippen LogP contribution in [0.2, 0.25) is 0 Å². The highest BCUT2D eigenvalue weighted by Gasteiger charge is 2.31. The standard InChI is InChI=1S/C13H19NO5/c1-8-5-9(2)19-11(8)12(17)14-13(3,7-18-4)6-10(15)16/h5H,6-7H2,1-4H3,(H,14,17)(H,15,16). The minimum Gasteiger partial charge on any atom is -0.481 e. The number of carboxylic acid groups (broad SMARTS) is 1. The van der Waals surface area contributed by atoms with Crippen molar-refractivity contribution in [1.82, 2.24) is 5.32 Å². The summed E-state index contributed by atoms with van der Waals surface area (Å²) < 4.78 is 10.3. The number of hydrogen-bond donors (Lipinski definition) is 2. The molecule has 1 aromatic heterocycles. The number of ether oxygens (including phenoxy) is 1. The van der Waals surface area contributed by atoms with Gasteiger partial charge >= 0.3 is 5.97 Å². The maximum absolute atomic E-state index is 12.1. The molecule has 0 aliphatic heterocycles. The van der Waals surface area contributed by atoms with Gasteiger partial charge in [-0.2, -0.15) is 0 Å². The molecule has 1 aromatic rings. The van der Waals surface area contributed by atoms with Crippen LogP contribution in [0.3, 0.4) is 0 Å². The lowest BCUT2D eigenvalue weighted by atomic mass is 9.98. The summed E-state index contributed by atoms with van der Waals surface area (Å²) in [6, 6.07) is 1.75. The first-order chi connectivity index (χ1) is 8.77. The first kappa shape index (κ1) is 15.2. The van der Waals surface area contributed by atoms with E-state index in [1.165, 1.54) is 7.11 Å². The molecule has 0 fully saturated rings. The van der Waals surface area contributed by atoms with Gasteiger partial charge < -0.3 is 19.6 Å². The molecular weight excluding hydrogens is 250 g/mol. The van der Waals surface area contributed by atoms with Gasteiger partial charge in [0, 0.05) is 12.7 Å². The van der Waals surface area contributed by atoms with Gasteiger partial charge in [-0.3, -0.25) is 9.59 Å². The summed E-state index contributed by atoms with van der Waals surface area (Å²) in [4.78, 5) is 22.9. The molecular formula is C13H19NO5. The lowest BCUT2D eigenvalue weighted by Crippen LogP contribution is -2.50. The molecule has 6 nitrogen and oxygen atoms in total. The molecule has 0 aromatic carbocycles. The second kappa shape index (κ2) is 5.88. The fourth-order valence-corrected chi connectivity index (χ4v) is 1.98. The third-order valence-electron chi connectivity index (χ3n) is 2.67. The van der Waals surface area contributed by atoms with Gasteiger partial charge in [0.1, 0.15) is 5.76 Å². The molecule has 0 bridgehead atoms. The predicted octanol–water partition coefficient (Wildman–Crippen LogP) is 1.51. The Kier molecular flexibility index (Phi) is 4.72. The number of carboxylic acids is 1. The summed E-state index contributed by atoms with van der Waals surface area (Å²) in [5.41, 5.74) is -0.268. The molecule has 1 unspecified atom stereocenters. The van der Waals surface area contributed by atoms with Crippen molar-refractivity contribution < 1.29 is 23.8 Å². The highest BCUT2D eigenvalue weighted by Crippen LogP contribution is 2.17. The molecule has 1 heterocycles. The number of nitrogens with one attached hydrogen (secondary N) is 1. The molecule has 0 spiro atoms. The minimum atomic E-state index is -1.01. The number of rotatable bonds is 6. The Bertz CT molecular complexity index is 479. The van der Waals surface area contributed by atoms with E-state index in [2.05, 4.69) is 5.32 Å². The van der Waals surface area contributed by atoms with Crippen molar-refractivity contribution in [3.05, 3.63) is 23.2 Å². The molecule has 0 radical (unpaired) electrons. The lowest BCUT2D eigenvalue weighted by molar-refractivity contribution is -0.139. The fourth-order valence-electron chi connectivity index (χ4n) is 1.98. The average Bonchev–Trinajstić information content (AvgIpc) is 2.56. The fraction of sp³-hybridized carbons (Fsp3) is 0.538. The van der Waals surface area contributed by atoms with Crippen molar-refractivity contribution in [2.24, 2.45) is 0 Å². The maximum atomic E-state index is 12.1.